The summed E-state index contributed by atoms with van der Waals surface area (Å²) in [4.78, 5) is 16.6. The van der Waals surface area contributed by atoms with Crippen LogP contribution in [0.5, 0.6) is 0 Å². The number of pyridine rings is 1. The van der Waals surface area contributed by atoms with Gasteiger partial charge in [-0.3, -0.25) is 4.79 Å². The van der Waals surface area contributed by atoms with E-state index in [4.69, 9.17) is 0 Å². The lowest BCUT2D eigenvalue weighted by Crippen LogP contribution is -2.28. The van der Waals surface area contributed by atoms with Crippen LogP contribution in [-0.2, 0) is 14.8 Å². The standard InChI is InChI=1S/C20H26N4O3S/c1-14-10-15(2)20(16(3)11-14)23-19(25)13-22-18-7-6-17(12-21-18)28(26,27)24-8-4-5-9-24/h6-7,10-12H,4-5,8-9,13H2,1-3H3,(H,21,22)(H,23,25). The number of carbonyl (C=O) groups is 1. The van der Waals surface area contributed by atoms with Crippen LogP contribution in [0.25, 0.3) is 0 Å². The smallest absolute Gasteiger partial charge is 0.244 e. The van der Waals surface area contributed by atoms with E-state index in [0.717, 1.165) is 35.2 Å². The molecule has 8 heteroatoms. The molecule has 150 valence electrons. The van der Waals surface area contributed by atoms with E-state index in [1.54, 1.807) is 6.07 Å². The first kappa shape index (κ1) is 20.3. The molecule has 7 nitrogen and oxygen atoms in total. The van der Waals surface area contributed by atoms with Gasteiger partial charge in [0.05, 0.1) is 6.54 Å². The number of sulfonamides is 1. The Balaban J connectivity index is 1.60. The molecule has 0 spiro atoms. The number of aromatic nitrogens is 1. The van der Waals surface area contributed by atoms with Gasteiger partial charge in [-0.2, -0.15) is 4.31 Å². The van der Waals surface area contributed by atoms with Gasteiger partial charge in [-0.15, -0.1) is 0 Å². The van der Waals surface area contributed by atoms with Crippen LogP contribution in [0.1, 0.15) is 29.5 Å². The Morgan fingerprint density at radius 1 is 1.11 bits per heavy atom. The van der Waals surface area contributed by atoms with Crippen LogP contribution in [0.2, 0.25) is 0 Å². The second-order valence-electron chi connectivity index (χ2n) is 7.17. The van der Waals surface area contributed by atoms with E-state index >= 15 is 0 Å². The van der Waals surface area contributed by atoms with E-state index in [2.05, 4.69) is 15.6 Å². The number of rotatable bonds is 6. The molecule has 2 aromatic rings. The van der Waals surface area contributed by atoms with Gasteiger partial charge in [0.2, 0.25) is 15.9 Å². The molecular weight excluding hydrogens is 376 g/mol. The first-order chi connectivity index (χ1) is 13.3. The summed E-state index contributed by atoms with van der Waals surface area (Å²) in [7, 11) is -3.48. The van der Waals surface area contributed by atoms with Crippen LogP contribution >= 0.6 is 0 Å². The molecule has 0 atom stereocenters. The van der Waals surface area contributed by atoms with Gasteiger partial charge in [0.25, 0.3) is 0 Å². The van der Waals surface area contributed by atoms with Crippen molar-refractivity contribution in [2.24, 2.45) is 0 Å². The summed E-state index contributed by atoms with van der Waals surface area (Å²) < 4.78 is 26.5. The van der Waals surface area contributed by atoms with Crippen LogP contribution < -0.4 is 10.6 Å². The van der Waals surface area contributed by atoms with Crippen molar-refractivity contribution < 1.29 is 13.2 Å². The molecule has 1 aromatic heterocycles. The molecule has 1 aromatic carbocycles. The van der Waals surface area contributed by atoms with Crippen molar-refractivity contribution in [1.29, 1.82) is 0 Å². The van der Waals surface area contributed by atoms with Crippen LogP contribution in [0.15, 0.2) is 35.4 Å². The van der Waals surface area contributed by atoms with Crippen molar-refractivity contribution in [2.45, 2.75) is 38.5 Å². The third kappa shape index (κ3) is 4.51. The fourth-order valence-electron chi connectivity index (χ4n) is 3.45. The average Bonchev–Trinajstić information content (AvgIpc) is 3.19. The van der Waals surface area contributed by atoms with Crippen molar-refractivity contribution >= 4 is 27.4 Å². The zero-order valence-electron chi connectivity index (χ0n) is 16.4. The van der Waals surface area contributed by atoms with E-state index in [0.29, 0.717) is 18.9 Å². The average molecular weight is 403 g/mol. The molecule has 0 saturated carbocycles. The number of hydrogen-bond donors (Lipinski definition) is 2. The van der Waals surface area contributed by atoms with Gasteiger partial charge < -0.3 is 10.6 Å². The molecule has 0 radical (unpaired) electrons. The molecule has 0 bridgehead atoms. The maximum Gasteiger partial charge on any atom is 0.244 e. The molecule has 1 amide bonds. The molecule has 2 heterocycles. The molecule has 3 rings (SSSR count). The summed E-state index contributed by atoms with van der Waals surface area (Å²) in [6, 6.07) is 7.15. The van der Waals surface area contributed by atoms with Gasteiger partial charge in [0, 0.05) is 25.0 Å². The lowest BCUT2D eigenvalue weighted by molar-refractivity contribution is -0.114. The Morgan fingerprint density at radius 3 is 2.32 bits per heavy atom. The van der Waals surface area contributed by atoms with Gasteiger partial charge in [-0.1, -0.05) is 17.7 Å². The molecule has 1 fully saturated rings. The largest absolute Gasteiger partial charge is 0.361 e. The maximum absolute atomic E-state index is 12.5. The minimum atomic E-state index is -3.48. The molecule has 1 aliphatic rings. The van der Waals surface area contributed by atoms with Crippen LogP contribution in [0, 0.1) is 20.8 Å². The Bertz CT molecular complexity index is 942. The van der Waals surface area contributed by atoms with Crippen LogP contribution in [0.3, 0.4) is 0 Å². The quantitative estimate of drug-likeness (QED) is 0.775. The second kappa shape index (κ2) is 8.28. The number of anilines is 2. The highest BCUT2D eigenvalue weighted by atomic mass is 32.2. The highest BCUT2D eigenvalue weighted by Crippen LogP contribution is 2.22. The molecule has 1 aliphatic heterocycles. The minimum absolute atomic E-state index is 0.0397. The van der Waals surface area contributed by atoms with Crippen LogP contribution in [-0.4, -0.2) is 43.2 Å². The lowest BCUT2D eigenvalue weighted by atomic mass is 10.1. The number of carbonyl (C=O) groups excluding carboxylic acids is 1. The van der Waals surface area contributed by atoms with E-state index in [1.807, 2.05) is 32.9 Å². The van der Waals surface area contributed by atoms with E-state index < -0.39 is 10.0 Å². The predicted molar refractivity (Wildman–Crippen MR) is 110 cm³/mol. The fraction of sp³-hybridized carbons (Fsp3) is 0.400. The Labute approximate surface area is 166 Å². The highest BCUT2D eigenvalue weighted by Gasteiger charge is 2.27. The summed E-state index contributed by atoms with van der Waals surface area (Å²) in [5.74, 6) is 0.262. The van der Waals surface area contributed by atoms with Crippen LogP contribution in [0.4, 0.5) is 11.5 Å². The summed E-state index contributed by atoms with van der Waals surface area (Å²) in [6.07, 6.45) is 3.12. The summed E-state index contributed by atoms with van der Waals surface area (Å²) in [6.45, 7) is 7.10. The SMILES string of the molecule is Cc1cc(C)c(NC(=O)CNc2ccc(S(=O)(=O)N3CCCC3)cn2)c(C)c1. The zero-order valence-corrected chi connectivity index (χ0v) is 17.3. The normalized spacial score (nSPS) is 14.8. The Morgan fingerprint density at radius 2 is 1.75 bits per heavy atom. The number of nitrogens with zero attached hydrogens (tertiary/aromatic N) is 2. The Hall–Kier alpha value is -2.45. The third-order valence-electron chi connectivity index (χ3n) is 4.81. The molecule has 0 aliphatic carbocycles. The van der Waals surface area contributed by atoms with E-state index in [1.165, 1.54) is 16.6 Å². The van der Waals surface area contributed by atoms with E-state index in [-0.39, 0.29) is 17.3 Å². The molecule has 28 heavy (non-hydrogen) atoms. The number of amides is 1. The summed E-state index contributed by atoms with van der Waals surface area (Å²) in [5, 5.41) is 5.85. The summed E-state index contributed by atoms with van der Waals surface area (Å²) in [5.41, 5.74) is 4.00. The maximum atomic E-state index is 12.5. The van der Waals surface area contributed by atoms with Crippen molar-refractivity contribution in [3.63, 3.8) is 0 Å². The highest BCUT2D eigenvalue weighted by molar-refractivity contribution is 7.89. The van der Waals surface area contributed by atoms with Gasteiger partial charge in [-0.25, -0.2) is 13.4 Å². The number of aryl methyl sites for hydroxylation is 3. The molecule has 0 unspecified atom stereocenters. The first-order valence-electron chi connectivity index (χ1n) is 9.35. The van der Waals surface area contributed by atoms with Crippen molar-refractivity contribution in [3.8, 4) is 0 Å². The molecular formula is C20H26N4O3S. The Kier molecular flexibility index (Phi) is 6.00. The third-order valence-corrected chi connectivity index (χ3v) is 6.69. The topological polar surface area (TPSA) is 91.4 Å². The first-order valence-corrected chi connectivity index (χ1v) is 10.8. The summed E-state index contributed by atoms with van der Waals surface area (Å²) >= 11 is 0. The van der Waals surface area contributed by atoms with Gasteiger partial charge in [0.1, 0.15) is 10.7 Å². The van der Waals surface area contributed by atoms with E-state index in [9.17, 15) is 13.2 Å². The van der Waals surface area contributed by atoms with Crippen molar-refractivity contribution in [1.82, 2.24) is 9.29 Å². The zero-order chi connectivity index (χ0) is 20.3. The second-order valence-corrected chi connectivity index (χ2v) is 9.10. The fourth-order valence-corrected chi connectivity index (χ4v) is 4.91. The van der Waals surface area contributed by atoms with Crippen molar-refractivity contribution in [3.05, 3.63) is 47.2 Å². The lowest BCUT2D eigenvalue weighted by Gasteiger charge is -2.15. The number of benzene rings is 1. The number of hydrogen-bond acceptors (Lipinski definition) is 5. The monoisotopic (exact) mass is 402 g/mol. The van der Waals surface area contributed by atoms with Gasteiger partial charge in [-0.05, 0) is 56.9 Å². The molecule has 1 saturated heterocycles. The molecule has 2 N–H and O–H groups in total. The van der Waals surface area contributed by atoms with Gasteiger partial charge >= 0.3 is 0 Å². The minimum Gasteiger partial charge on any atom is -0.361 e. The van der Waals surface area contributed by atoms with Crippen molar-refractivity contribution in [2.75, 3.05) is 30.3 Å². The van der Waals surface area contributed by atoms with Gasteiger partial charge in [0.15, 0.2) is 0 Å². The predicted octanol–water partition coefficient (Wildman–Crippen LogP) is 2.84. The number of nitrogens with one attached hydrogen (secondary N) is 2.